The van der Waals surface area contributed by atoms with Crippen molar-refractivity contribution in [1.29, 1.82) is 0 Å². The van der Waals surface area contributed by atoms with Crippen LogP contribution in [0.2, 0.25) is 0 Å². The number of nitrogens with one attached hydrogen (secondary N) is 1. The van der Waals surface area contributed by atoms with E-state index in [1.54, 1.807) is 12.0 Å². The summed E-state index contributed by atoms with van der Waals surface area (Å²) < 4.78 is 15.8. The van der Waals surface area contributed by atoms with E-state index < -0.39 is 5.60 Å². The Labute approximate surface area is 167 Å². The van der Waals surface area contributed by atoms with E-state index >= 15 is 0 Å². The minimum absolute atomic E-state index is 0. The fourth-order valence-corrected chi connectivity index (χ4v) is 2.70. The van der Waals surface area contributed by atoms with Crippen molar-refractivity contribution < 1.29 is 19.0 Å². The maximum Gasteiger partial charge on any atom is 0.410 e. The first kappa shape index (κ1) is 22.2. The third kappa shape index (κ3) is 7.14. The Morgan fingerprint density at radius 2 is 2.04 bits per heavy atom. The molecule has 1 N–H and O–H groups in total. The molecule has 0 aromatic carbocycles. The summed E-state index contributed by atoms with van der Waals surface area (Å²) in [7, 11) is 1.66. The lowest BCUT2D eigenvalue weighted by Crippen LogP contribution is -2.57. The van der Waals surface area contributed by atoms with Gasteiger partial charge in [0.25, 0.3) is 0 Å². The smallest absolute Gasteiger partial charge is 0.410 e. The molecule has 2 rings (SSSR count). The normalized spacial score (nSPS) is 19.8. The monoisotopic (exact) mass is 470 g/mol. The molecule has 0 spiro atoms. The van der Waals surface area contributed by atoms with Crippen molar-refractivity contribution in [1.82, 2.24) is 15.1 Å². The Balaban J connectivity index is 0.00000312. The number of hydrogen-bond acceptors (Lipinski definition) is 7. The summed E-state index contributed by atoms with van der Waals surface area (Å²) in [5.41, 5.74) is -0.462. The predicted molar refractivity (Wildman–Crippen MR) is 107 cm³/mol. The average molecular weight is 470 g/mol. The molecule has 1 amide bonds. The Hall–Kier alpha value is -0.810. The summed E-state index contributed by atoms with van der Waals surface area (Å²) >= 11 is 0. The van der Waals surface area contributed by atoms with Crippen LogP contribution in [0.4, 0.5) is 4.79 Å². The summed E-state index contributed by atoms with van der Waals surface area (Å²) in [5.74, 6) is 0.902. The number of rotatable bonds is 6. The Morgan fingerprint density at radius 3 is 2.72 bits per heavy atom. The molecule has 25 heavy (non-hydrogen) atoms. The molecule has 0 bridgehead atoms. The maximum atomic E-state index is 12.2. The van der Waals surface area contributed by atoms with Crippen LogP contribution in [0.25, 0.3) is 0 Å². The first-order valence-corrected chi connectivity index (χ1v) is 8.50. The predicted octanol–water partition coefficient (Wildman–Crippen LogP) is 1.15. The molecule has 0 saturated carbocycles. The van der Waals surface area contributed by atoms with Crippen LogP contribution in [0.5, 0.6) is 0 Å². The SMILES string of the molecule is COCCOCCNC1=NCC2CN(C(=O)OC(C)(C)C)CCN12.I. The molecular formula is C16H31IN4O4. The number of carbonyl (C=O) groups excluding carboxylic acids is 1. The zero-order valence-corrected chi connectivity index (χ0v) is 17.9. The molecule has 1 unspecified atom stereocenters. The van der Waals surface area contributed by atoms with Crippen LogP contribution in [-0.2, 0) is 14.2 Å². The second kappa shape index (κ2) is 10.4. The van der Waals surface area contributed by atoms with Crippen LogP contribution >= 0.6 is 24.0 Å². The number of ether oxygens (including phenoxy) is 3. The highest BCUT2D eigenvalue weighted by Gasteiger charge is 2.36. The number of nitrogens with zero attached hydrogens (tertiary/aromatic N) is 3. The van der Waals surface area contributed by atoms with E-state index in [-0.39, 0.29) is 36.1 Å². The molecule has 1 saturated heterocycles. The van der Waals surface area contributed by atoms with Crippen molar-refractivity contribution in [3.63, 3.8) is 0 Å². The fraction of sp³-hybridized carbons (Fsp3) is 0.875. The average Bonchev–Trinajstić information content (AvgIpc) is 2.91. The number of hydrogen-bond donors (Lipinski definition) is 1. The Bertz CT molecular complexity index is 456. The van der Waals surface area contributed by atoms with Crippen molar-refractivity contribution in [3.05, 3.63) is 0 Å². The second-order valence-corrected chi connectivity index (χ2v) is 6.97. The summed E-state index contributed by atoms with van der Waals surface area (Å²) in [6, 6.07) is 0.225. The van der Waals surface area contributed by atoms with E-state index in [0.717, 1.165) is 12.5 Å². The summed E-state index contributed by atoms with van der Waals surface area (Å²) in [6.45, 7) is 10.9. The molecule has 0 aliphatic carbocycles. The number of amides is 1. The van der Waals surface area contributed by atoms with Crippen LogP contribution in [0.1, 0.15) is 20.8 Å². The van der Waals surface area contributed by atoms with Crippen LogP contribution in [0.15, 0.2) is 4.99 Å². The van der Waals surface area contributed by atoms with Gasteiger partial charge in [0, 0.05) is 33.3 Å². The second-order valence-electron chi connectivity index (χ2n) is 6.97. The maximum absolute atomic E-state index is 12.2. The molecule has 146 valence electrons. The number of halogens is 1. The van der Waals surface area contributed by atoms with Crippen LogP contribution in [0.3, 0.4) is 0 Å². The highest BCUT2D eigenvalue weighted by molar-refractivity contribution is 14.0. The molecule has 8 nitrogen and oxygen atoms in total. The lowest BCUT2D eigenvalue weighted by molar-refractivity contribution is 0.0137. The first-order chi connectivity index (χ1) is 11.4. The molecule has 0 aromatic rings. The van der Waals surface area contributed by atoms with Crippen molar-refractivity contribution >= 4 is 36.0 Å². The van der Waals surface area contributed by atoms with Crippen LogP contribution in [-0.4, -0.2) is 93.1 Å². The van der Waals surface area contributed by atoms with Gasteiger partial charge in [-0.25, -0.2) is 4.79 Å². The van der Waals surface area contributed by atoms with Crippen LogP contribution < -0.4 is 5.32 Å². The standard InChI is InChI=1S/C16H30N4O4.HI/c1-16(2,3)24-15(21)19-6-7-20-13(12-19)11-18-14(20)17-5-8-23-10-9-22-4;/h13H,5-12H2,1-4H3,(H,17,18);1H. The van der Waals surface area contributed by atoms with E-state index in [9.17, 15) is 4.79 Å². The number of guanidine groups is 1. The molecule has 1 atom stereocenters. The molecule has 2 aliphatic rings. The minimum Gasteiger partial charge on any atom is -0.444 e. The van der Waals surface area contributed by atoms with Gasteiger partial charge in [0.05, 0.1) is 32.4 Å². The van der Waals surface area contributed by atoms with Crippen molar-refractivity contribution in [2.24, 2.45) is 4.99 Å². The summed E-state index contributed by atoms with van der Waals surface area (Å²) in [4.78, 5) is 20.8. The number of fused-ring (bicyclic) bond motifs is 1. The lowest BCUT2D eigenvalue weighted by Gasteiger charge is -2.39. The number of methoxy groups -OCH3 is 1. The summed E-state index contributed by atoms with van der Waals surface area (Å²) in [5, 5.41) is 3.32. The van der Waals surface area contributed by atoms with Gasteiger partial charge in [-0.3, -0.25) is 4.99 Å². The minimum atomic E-state index is -0.462. The molecule has 0 aromatic heterocycles. The molecule has 2 heterocycles. The van der Waals surface area contributed by atoms with Gasteiger partial charge in [0.1, 0.15) is 5.60 Å². The third-order valence-corrected chi connectivity index (χ3v) is 3.82. The first-order valence-electron chi connectivity index (χ1n) is 8.50. The lowest BCUT2D eigenvalue weighted by atomic mass is 10.2. The number of piperazine rings is 1. The zero-order valence-electron chi connectivity index (χ0n) is 15.6. The van der Waals surface area contributed by atoms with E-state index in [0.29, 0.717) is 46.0 Å². The van der Waals surface area contributed by atoms with Gasteiger partial charge in [-0.1, -0.05) is 0 Å². The van der Waals surface area contributed by atoms with Crippen molar-refractivity contribution in [3.8, 4) is 0 Å². The van der Waals surface area contributed by atoms with Crippen molar-refractivity contribution in [2.75, 3.05) is 59.7 Å². The van der Waals surface area contributed by atoms with Gasteiger partial charge in [-0.15, -0.1) is 24.0 Å². The van der Waals surface area contributed by atoms with Gasteiger partial charge in [-0.05, 0) is 20.8 Å². The Morgan fingerprint density at radius 1 is 1.28 bits per heavy atom. The molecular weight excluding hydrogens is 439 g/mol. The van der Waals surface area contributed by atoms with E-state index in [1.807, 2.05) is 20.8 Å². The van der Waals surface area contributed by atoms with Gasteiger partial charge < -0.3 is 29.3 Å². The Kier molecular flexibility index (Phi) is 9.22. The quantitative estimate of drug-likeness (QED) is 0.464. The van der Waals surface area contributed by atoms with E-state index in [1.165, 1.54) is 0 Å². The van der Waals surface area contributed by atoms with Crippen molar-refractivity contribution in [2.45, 2.75) is 32.4 Å². The van der Waals surface area contributed by atoms with E-state index in [2.05, 4.69) is 15.2 Å². The molecule has 2 aliphatic heterocycles. The van der Waals surface area contributed by atoms with Gasteiger partial charge in [0.2, 0.25) is 0 Å². The molecule has 1 fully saturated rings. The highest BCUT2D eigenvalue weighted by atomic mass is 127. The number of aliphatic imine (C=N–C) groups is 1. The highest BCUT2D eigenvalue weighted by Crippen LogP contribution is 2.18. The van der Waals surface area contributed by atoms with Crippen LogP contribution in [0, 0.1) is 0 Å². The summed E-state index contributed by atoms with van der Waals surface area (Å²) in [6.07, 6.45) is -0.241. The van der Waals surface area contributed by atoms with E-state index in [4.69, 9.17) is 14.2 Å². The molecule has 0 radical (unpaired) electrons. The fourth-order valence-electron chi connectivity index (χ4n) is 2.70. The third-order valence-electron chi connectivity index (χ3n) is 3.82. The van der Waals surface area contributed by atoms with Gasteiger partial charge in [-0.2, -0.15) is 0 Å². The number of carbonyl (C=O) groups is 1. The largest absolute Gasteiger partial charge is 0.444 e. The molecule has 9 heteroatoms. The van der Waals surface area contributed by atoms with Gasteiger partial charge >= 0.3 is 6.09 Å². The topological polar surface area (TPSA) is 75.6 Å². The zero-order chi connectivity index (χ0) is 17.6. The van der Waals surface area contributed by atoms with Gasteiger partial charge in [0.15, 0.2) is 5.96 Å².